The zero-order valence-corrected chi connectivity index (χ0v) is 8.39. The number of halogens is 1. The molecule has 0 aromatic carbocycles. The monoisotopic (exact) mass is 263 g/mol. The summed E-state index contributed by atoms with van der Waals surface area (Å²) in [4.78, 5) is 4.13. The first-order valence-electron chi connectivity index (χ1n) is 3.45. The van der Waals surface area contributed by atoms with Gasteiger partial charge in [-0.05, 0) is 19.1 Å². The summed E-state index contributed by atoms with van der Waals surface area (Å²) < 4.78 is 0.0915. The van der Waals surface area contributed by atoms with Crippen LogP contribution in [0.25, 0.3) is 0 Å². The quantitative estimate of drug-likeness (QED) is 0.653. The smallest absolute Gasteiger partial charge is 0.0788 e. The molecule has 1 aromatic heterocycles. The molecule has 2 nitrogen and oxygen atoms in total. The Hall–Kier alpha value is -0.160. The van der Waals surface area contributed by atoms with Crippen molar-refractivity contribution >= 4 is 22.6 Å². The van der Waals surface area contributed by atoms with E-state index in [-0.39, 0.29) is 10.0 Å². The molecule has 1 rings (SSSR count). The highest BCUT2D eigenvalue weighted by atomic mass is 127. The molecule has 60 valence electrons. The Balaban J connectivity index is 2.77. The largest absolute Gasteiger partial charge is 0.392 e. The zero-order chi connectivity index (χ0) is 8.27. The van der Waals surface area contributed by atoms with Crippen LogP contribution in [0.15, 0.2) is 24.4 Å². The van der Waals surface area contributed by atoms with Crippen LogP contribution in [-0.4, -0.2) is 16.2 Å². The van der Waals surface area contributed by atoms with Crippen molar-refractivity contribution in [2.75, 3.05) is 0 Å². The lowest BCUT2D eigenvalue weighted by Crippen LogP contribution is -2.09. The molecule has 0 amide bonds. The molecule has 0 bridgehead atoms. The Morgan fingerprint density at radius 2 is 2.27 bits per heavy atom. The van der Waals surface area contributed by atoms with E-state index in [0.717, 1.165) is 5.69 Å². The first-order chi connectivity index (χ1) is 5.22. The molecule has 0 fully saturated rings. The van der Waals surface area contributed by atoms with Crippen molar-refractivity contribution in [2.45, 2.75) is 17.0 Å². The molecule has 1 N–H and O–H groups in total. The van der Waals surface area contributed by atoms with Crippen LogP contribution in [0.1, 0.15) is 16.5 Å². The molecule has 0 saturated carbocycles. The third-order valence-electron chi connectivity index (χ3n) is 1.39. The van der Waals surface area contributed by atoms with Gasteiger partial charge in [0, 0.05) is 6.20 Å². The Labute approximate surface area is 79.8 Å². The maximum Gasteiger partial charge on any atom is 0.0788 e. The molecule has 3 heteroatoms. The average molecular weight is 263 g/mol. The van der Waals surface area contributed by atoms with E-state index in [1.807, 2.05) is 18.2 Å². The fraction of sp³-hybridized carbons (Fsp3) is 0.375. The summed E-state index contributed by atoms with van der Waals surface area (Å²) in [6.45, 7) is 1.77. The van der Waals surface area contributed by atoms with E-state index in [2.05, 4.69) is 27.6 Å². The number of nitrogens with zero attached hydrogens (tertiary/aromatic N) is 1. The van der Waals surface area contributed by atoms with Gasteiger partial charge in [-0.15, -0.1) is 0 Å². The molecule has 1 heterocycles. The Kier molecular flexibility index (Phi) is 3.26. The lowest BCUT2D eigenvalue weighted by atomic mass is 10.2. The van der Waals surface area contributed by atoms with Gasteiger partial charge in [0.15, 0.2) is 0 Å². The van der Waals surface area contributed by atoms with Gasteiger partial charge < -0.3 is 5.11 Å². The first-order valence-corrected chi connectivity index (χ1v) is 4.69. The van der Waals surface area contributed by atoms with Crippen LogP contribution in [0, 0.1) is 0 Å². The van der Waals surface area contributed by atoms with E-state index in [1.54, 1.807) is 13.1 Å². The van der Waals surface area contributed by atoms with Gasteiger partial charge in [0.1, 0.15) is 0 Å². The van der Waals surface area contributed by atoms with E-state index in [4.69, 9.17) is 0 Å². The second-order valence-electron chi connectivity index (χ2n) is 2.40. The van der Waals surface area contributed by atoms with E-state index in [1.165, 1.54) is 0 Å². The predicted octanol–water partition coefficient (Wildman–Crippen LogP) is 1.94. The van der Waals surface area contributed by atoms with Crippen molar-refractivity contribution in [1.29, 1.82) is 0 Å². The highest BCUT2D eigenvalue weighted by Gasteiger charge is 2.13. The molecule has 0 spiro atoms. The molecule has 0 radical (unpaired) electrons. The summed E-state index contributed by atoms with van der Waals surface area (Å²) in [7, 11) is 0. The van der Waals surface area contributed by atoms with Gasteiger partial charge in [0.2, 0.25) is 0 Å². The summed E-state index contributed by atoms with van der Waals surface area (Å²) in [5.74, 6) is 0. The molecule has 0 unspecified atom stereocenters. The van der Waals surface area contributed by atoms with Crippen LogP contribution in [0.5, 0.6) is 0 Å². The van der Waals surface area contributed by atoms with Crippen molar-refractivity contribution in [3.63, 3.8) is 0 Å². The number of hydrogen-bond donors (Lipinski definition) is 1. The fourth-order valence-corrected chi connectivity index (χ4v) is 1.15. The summed E-state index contributed by atoms with van der Waals surface area (Å²) in [6.07, 6.45) is 1.40. The summed E-state index contributed by atoms with van der Waals surface area (Å²) in [5, 5.41) is 9.23. The first kappa shape index (κ1) is 8.93. The van der Waals surface area contributed by atoms with Gasteiger partial charge in [-0.3, -0.25) is 4.98 Å². The summed E-state index contributed by atoms with van der Waals surface area (Å²) in [6, 6.07) is 5.72. The second kappa shape index (κ2) is 4.01. The van der Waals surface area contributed by atoms with Crippen LogP contribution in [0.2, 0.25) is 0 Å². The van der Waals surface area contributed by atoms with E-state index in [9.17, 15) is 5.11 Å². The highest BCUT2D eigenvalue weighted by molar-refractivity contribution is 14.1. The molecule has 0 saturated heterocycles. The van der Waals surface area contributed by atoms with Crippen molar-refractivity contribution in [3.05, 3.63) is 30.1 Å². The highest BCUT2D eigenvalue weighted by Crippen LogP contribution is 2.24. The van der Waals surface area contributed by atoms with E-state index >= 15 is 0 Å². The Morgan fingerprint density at radius 1 is 1.55 bits per heavy atom. The summed E-state index contributed by atoms with van der Waals surface area (Å²) >= 11 is 2.18. The van der Waals surface area contributed by atoms with Crippen molar-refractivity contribution in [3.8, 4) is 0 Å². The molecule has 11 heavy (non-hydrogen) atoms. The summed E-state index contributed by atoms with van der Waals surface area (Å²) in [5.41, 5.74) is 0.933. The molecule has 1 aromatic rings. The van der Waals surface area contributed by atoms with Crippen molar-refractivity contribution < 1.29 is 5.11 Å². The van der Waals surface area contributed by atoms with Gasteiger partial charge >= 0.3 is 0 Å². The van der Waals surface area contributed by atoms with Crippen LogP contribution in [0.3, 0.4) is 0 Å². The molecular weight excluding hydrogens is 253 g/mol. The molecule has 0 aliphatic heterocycles. The number of aliphatic hydroxyl groups is 1. The lowest BCUT2D eigenvalue weighted by molar-refractivity contribution is 0.195. The number of rotatable bonds is 2. The predicted molar refractivity (Wildman–Crippen MR) is 52.7 cm³/mol. The van der Waals surface area contributed by atoms with Crippen molar-refractivity contribution in [1.82, 2.24) is 4.98 Å². The fourth-order valence-electron chi connectivity index (χ4n) is 0.786. The maximum absolute atomic E-state index is 9.23. The molecule has 2 atom stereocenters. The second-order valence-corrected chi connectivity index (χ2v) is 3.74. The third kappa shape index (κ3) is 2.41. The number of aliphatic hydroxyl groups excluding tert-OH is 1. The lowest BCUT2D eigenvalue weighted by Gasteiger charge is -2.10. The minimum Gasteiger partial charge on any atom is -0.392 e. The van der Waals surface area contributed by atoms with Gasteiger partial charge in [-0.25, -0.2) is 0 Å². The average Bonchev–Trinajstić information content (AvgIpc) is 2.05. The zero-order valence-electron chi connectivity index (χ0n) is 6.24. The maximum atomic E-state index is 9.23. The number of pyridine rings is 1. The SMILES string of the molecule is C[C@H](O)[C@@H](I)c1ccccn1. The van der Waals surface area contributed by atoms with Gasteiger partial charge in [-0.1, -0.05) is 28.7 Å². The number of hydrogen-bond acceptors (Lipinski definition) is 2. The van der Waals surface area contributed by atoms with Crippen LogP contribution in [0.4, 0.5) is 0 Å². The standard InChI is InChI=1S/C8H10INO/c1-6(11)8(9)7-4-2-3-5-10-7/h2-6,8,11H,1H3/t6-,8+/m0/s1. The minimum absolute atomic E-state index is 0.0915. The van der Waals surface area contributed by atoms with Crippen LogP contribution >= 0.6 is 22.6 Å². The van der Waals surface area contributed by atoms with Gasteiger partial charge in [-0.2, -0.15) is 0 Å². The van der Waals surface area contributed by atoms with E-state index < -0.39 is 0 Å². The van der Waals surface area contributed by atoms with Crippen LogP contribution < -0.4 is 0 Å². The van der Waals surface area contributed by atoms with Crippen LogP contribution in [-0.2, 0) is 0 Å². The van der Waals surface area contributed by atoms with Gasteiger partial charge in [0.25, 0.3) is 0 Å². The van der Waals surface area contributed by atoms with Gasteiger partial charge in [0.05, 0.1) is 15.7 Å². The number of alkyl halides is 1. The minimum atomic E-state index is -0.342. The Bertz CT molecular complexity index is 213. The normalized spacial score (nSPS) is 15.9. The topological polar surface area (TPSA) is 33.1 Å². The third-order valence-corrected chi connectivity index (χ3v) is 3.07. The van der Waals surface area contributed by atoms with Crippen molar-refractivity contribution in [2.24, 2.45) is 0 Å². The number of aromatic nitrogens is 1. The van der Waals surface area contributed by atoms with E-state index in [0.29, 0.717) is 0 Å². The Morgan fingerprint density at radius 3 is 2.73 bits per heavy atom. The molecule has 0 aliphatic carbocycles. The molecule has 0 aliphatic rings. The molecular formula is C8H10INO.